The molecule has 1 saturated heterocycles. The van der Waals surface area contributed by atoms with Gasteiger partial charge in [-0.25, -0.2) is 4.79 Å². The van der Waals surface area contributed by atoms with Gasteiger partial charge in [-0.15, -0.1) is 5.01 Å². The molecule has 0 unspecified atom stereocenters. The third-order valence-corrected chi connectivity index (χ3v) is 4.53. The van der Waals surface area contributed by atoms with Gasteiger partial charge in [-0.05, 0) is 55.2 Å². The summed E-state index contributed by atoms with van der Waals surface area (Å²) in [4.78, 5) is 25.1. The molecule has 0 spiro atoms. The molecule has 1 atom stereocenters. The molecule has 8 heteroatoms. The first kappa shape index (κ1) is 19.5. The van der Waals surface area contributed by atoms with Crippen LogP contribution in [0.1, 0.15) is 29.2 Å². The maximum Gasteiger partial charge on any atom is 0.387 e. The van der Waals surface area contributed by atoms with Crippen molar-refractivity contribution in [2.45, 2.75) is 32.9 Å². The fraction of sp³-hybridized carbons (Fsp3) is 0.250. The van der Waals surface area contributed by atoms with Crippen LogP contribution in [0.4, 0.5) is 13.6 Å². The average molecular weight is 387 g/mol. The van der Waals surface area contributed by atoms with Gasteiger partial charge in [0, 0.05) is 0 Å². The summed E-state index contributed by atoms with van der Waals surface area (Å²) in [5.41, 5.74) is 0.967. The highest BCUT2D eigenvalue weighted by molar-refractivity contribution is 6.07. The van der Waals surface area contributed by atoms with Gasteiger partial charge in [0.2, 0.25) is 0 Å². The lowest BCUT2D eigenvalue weighted by Crippen LogP contribution is -2.40. The molecule has 1 aliphatic heterocycles. The Morgan fingerprint density at radius 2 is 1.75 bits per heavy atom. The van der Waals surface area contributed by atoms with Gasteiger partial charge < -0.3 is 10.1 Å². The van der Waals surface area contributed by atoms with E-state index in [1.54, 1.807) is 57.2 Å². The summed E-state index contributed by atoms with van der Waals surface area (Å²) in [6.45, 7) is 1.95. The van der Waals surface area contributed by atoms with Gasteiger partial charge in [-0.2, -0.15) is 13.9 Å². The lowest BCUT2D eigenvalue weighted by molar-refractivity contribution is -0.131. The van der Waals surface area contributed by atoms with Crippen LogP contribution < -0.4 is 10.1 Å². The first-order chi connectivity index (χ1) is 13.2. The molecule has 0 saturated carbocycles. The van der Waals surface area contributed by atoms with Crippen LogP contribution in [0.3, 0.4) is 0 Å². The molecule has 0 aromatic heterocycles. The molecule has 146 valence electrons. The highest BCUT2D eigenvalue weighted by Gasteiger charge is 2.49. The molecule has 3 amide bonds. The van der Waals surface area contributed by atoms with E-state index in [-0.39, 0.29) is 5.75 Å². The zero-order valence-electron chi connectivity index (χ0n) is 15.6. The van der Waals surface area contributed by atoms with Crippen LogP contribution in [0.2, 0.25) is 0 Å². The zero-order valence-corrected chi connectivity index (χ0v) is 15.6. The van der Waals surface area contributed by atoms with Crippen LogP contribution in [0, 0.1) is 13.8 Å². The Morgan fingerprint density at radius 1 is 1.14 bits per heavy atom. The van der Waals surface area contributed by atoms with E-state index in [2.05, 4.69) is 15.2 Å². The van der Waals surface area contributed by atoms with E-state index in [4.69, 9.17) is 0 Å². The monoisotopic (exact) mass is 387 g/mol. The number of alkyl halides is 2. The summed E-state index contributed by atoms with van der Waals surface area (Å²) < 4.78 is 29.5. The van der Waals surface area contributed by atoms with Crippen molar-refractivity contribution in [3.05, 3.63) is 64.7 Å². The topological polar surface area (TPSA) is 71.0 Å². The number of hydrazone groups is 1. The van der Waals surface area contributed by atoms with E-state index in [1.807, 2.05) is 6.07 Å². The number of carbonyl (C=O) groups is 2. The van der Waals surface area contributed by atoms with Crippen molar-refractivity contribution in [1.29, 1.82) is 0 Å². The van der Waals surface area contributed by atoms with Crippen LogP contribution >= 0.6 is 0 Å². The second-order valence-electron chi connectivity index (χ2n) is 6.65. The summed E-state index contributed by atoms with van der Waals surface area (Å²) in [5.74, 6) is -0.412. The predicted octanol–water partition coefficient (Wildman–Crippen LogP) is 3.71. The number of aryl methyl sites for hydroxylation is 2. The minimum absolute atomic E-state index is 0.0961. The van der Waals surface area contributed by atoms with E-state index in [0.29, 0.717) is 22.3 Å². The number of rotatable bonds is 5. The fourth-order valence-electron chi connectivity index (χ4n) is 3.15. The van der Waals surface area contributed by atoms with Crippen molar-refractivity contribution in [3.8, 4) is 5.75 Å². The maximum atomic E-state index is 12.8. The van der Waals surface area contributed by atoms with Gasteiger partial charge in [0.15, 0.2) is 0 Å². The van der Waals surface area contributed by atoms with E-state index in [1.165, 1.54) is 6.21 Å². The Balaban J connectivity index is 1.85. The highest BCUT2D eigenvalue weighted by Crippen LogP contribution is 2.29. The molecule has 1 N–H and O–H groups in total. The van der Waals surface area contributed by atoms with Crippen LogP contribution in [0.5, 0.6) is 5.75 Å². The van der Waals surface area contributed by atoms with Crippen molar-refractivity contribution in [3.63, 3.8) is 0 Å². The summed E-state index contributed by atoms with van der Waals surface area (Å²) in [6.07, 6.45) is 1.33. The number of benzene rings is 2. The number of urea groups is 1. The Hall–Kier alpha value is -3.29. The molecular formula is C20H19F2N3O3. The number of amides is 3. The third-order valence-electron chi connectivity index (χ3n) is 4.53. The van der Waals surface area contributed by atoms with Crippen LogP contribution in [-0.2, 0) is 10.3 Å². The lowest BCUT2D eigenvalue weighted by Gasteiger charge is -2.20. The van der Waals surface area contributed by atoms with E-state index in [0.717, 1.165) is 5.01 Å². The third kappa shape index (κ3) is 3.58. The summed E-state index contributed by atoms with van der Waals surface area (Å²) in [6, 6.07) is 11.4. The van der Waals surface area contributed by atoms with Gasteiger partial charge in [0.25, 0.3) is 5.91 Å². The van der Waals surface area contributed by atoms with E-state index in [9.17, 15) is 18.4 Å². The van der Waals surface area contributed by atoms with Gasteiger partial charge >= 0.3 is 12.6 Å². The molecule has 0 bridgehead atoms. The largest absolute Gasteiger partial charge is 0.434 e. The summed E-state index contributed by atoms with van der Waals surface area (Å²) >= 11 is 0. The molecule has 0 aliphatic carbocycles. The second-order valence-corrected chi connectivity index (χ2v) is 6.65. The summed E-state index contributed by atoms with van der Waals surface area (Å²) in [7, 11) is 0. The Bertz CT molecular complexity index is 924. The molecular weight excluding hydrogens is 368 g/mol. The molecule has 6 nitrogen and oxygen atoms in total. The Kier molecular flexibility index (Phi) is 5.13. The number of hydrogen-bond donors (Lipinski definition) is 1. The predicted molar refractivity (Wildman–Crippen MR) is 99.3 cm³/mol. The SMILES string of the molecule is Cc1cc(/C=N\N2C(=O)N[C@@](C)(c3ccccc3)C2=O)cc(C)c1OC(F)F. The van der Waals surface area contributed by atoms with Crippen LogP contribution in [-0.4, -0.2) is 29.8 Å². The lowest BCUT2D eigenvalue weighted by atomic mass is 9.92. The van der Waals surface area contributed by atoms with E-state index < -0.39 is 24.1 Å². The van der Waals surface area contributed by atoms with Crippen molar-refractivity contribution in [2.75, 3.05) is 0 Å². The highest BCUT2D eigenvalue weighted by atomic mass is 19.3. The number of halogens is 2. The molecule has 2 aromatic carbocycles. The molecule has 28 heavy (non-hydrogen) atoms. The molecule has 1 aliphatic rings. The molecule has 0 radical (unpaired) electrons. The van der Waals surface area contributed by atoms with Crippen LogP contribution in [0.15, 0.2) is 47.6 Å². The van der Waals surface area contributed by atoms with Crippen LogP contribution in [0.25, 0.3) is 0 Å². The second kappa shape index (κ2) is 7.38. The molecule has 3 rings (SSSR count). The Labute approximate surface area is 160 Å². The number of imide groups is 1. The van der Waals surface area contributed by atoms with Crippen molar-refractivity contribution in [1.82, 2.24) is 10.3 Å². The van der Waals surface area contributed by atoms with Gasteiger partial charge in [-0.1, -0.05) is 30.3 Å². The quantitative estimate of drug-likeness (QED) is 0.628. The number of carbonyl (C=O) groups excluding carboxylic acids is 2. The molecule has 1 fully saturated rings. The minimum Gasteiger partial charge on any atom is -0.434 e. The van der Waals surface area contributed by atoms with E-state index >= 15 is 0 Å². The summed E-state index contributed by atoms with van der Waals surface area (Å²) in [5, 5.41) is 7.43. The van der Waals surface area contributed by atoms with Gasteiger partial charge in [-0.3, -0.25) is 4.79 Å². The average Bonchev–Trinajstić information content (AvgIpc) is 2.87. The standard InChI is InChI=1S/C20H19F2N3O3/c1-12-9-14(10-13(2)16(12)28-18(21)22)11-23-25-17(26)20(3,24-19(25)27)15-7-5-4-6-8-15/h4-11,18H,1-3H3,(H,24,27)/b23-11-/t20-/m0/s1. The van der Waals surface area contributed by atoms with Crippen molar-refractivity contribution in [2.24, 2.45) is 5.10 Å². The smallest absolute Gasteiger partial charge is 0.387 e. The Morgan fingerprint density at radius 3 is 2.32 bits per heavy atom. The van der Waals surface area contributed by atoms with Crippen molar-refractivity contribution >= 4 is 18.2 Å². The molecule has 2 aromatic rings. The molecule has 1 heterocycles. The zero-order chi connectivity index (χ0) is 20.5. The fourth-order valence-corrected chi connectivity index (χ4v) is 3.15. The number of nitrogens with one attached hydrogen (secondary N) is 1. The normalized spacial score (nSPS) is 19.6. The number of ether oxygens (including phenoxy) is 1. The van der Waals surface area contributed by atoms with Gasteiger partial charge in [0.05, 0.1) is 6.21 Å². The first-order valence-electron chi connectivity index (χ1n) is 8.54. The maximum absolute atomic E-state index is 12.8. The van der Waals surface area contributed by atoms with Gasteiger partial charge in [0.1, 0.15) is 11.3 Å². The number of hydrogen-bond acceptors (Lipinski definition) is 4. The minimum atomic E-state index is -2.92. The number of nitrogens with zero attached hydrogens (tertiary/aromatic N) is 2. The first-order valence-corrected chi connectivity index (χ1v) is 8.54. The van der Waals surface area contributed by atoms with Crippen molar-refractivity contribution < 1.29 is 23.1 Å².